The highest BCUT2D eigenvalue weighted by Gasteiger charge is 2.30. The third-order valence-electron chi connectivity index (χ3n) is 2.62. The van der Waals surface area contributed by atoms with Crippen LogP contribution in [-0.2, 0) is 11.0 Å². The summed E-state index contributed by atoms with van der Waals surface area (Å²) in [5.41, 5.74) is -1.64. The molecular formula is C12H14F3NO2S. The van der Waals surface area contributed by atoms with Gasteiger partial charge >= 0.3 is 12.1 Å². The van der Waals surface area contributed by atoms with E-state index in [0.717, 1.165) is 12.3 Å². The lowest BCUT2D eigenvalue weighted by molar-refractivity contribution is -0.147. The average molecular weight is 293 g/mol. The van der Waals surface area contributed by atoms with E-state index in [1.165, 1.54) is 17.8 Å². The zero-order valence-electron chi connectivity index (χ0n) is 10.5. The van der Waals surface area contributed by atoms with Crippen molar-refractivity contribution in [3.63, 3.8) is 0 Å². The van der Waals surface area contributed by atoms with Gasteiger partial charge in [0.05, 0.1) is 16.0 Å². The molecule has 1 N–H and O–H groups in total. The van der Waals surface area contributed by atoms with Gasteiger partial charge < -0.3 is 5.11 Å². The molecule has 1 rings (SSSR count). The lowest BCUT2D eigenvalue weighted by Crippen LogP contribution is -2.24. The molecule has 106 valence electrons. The number of alkyl halides is 3. The Bertz CT molecular complexity index is 443. The molecule has 0 atom stereocenters. The number of halogens is 3. The molecule has 0 aliphatic heterocycles. The predicted molar refractivity (Wildman–Crippen MR) is 66.0 cm³/mol. The summed E-state index contributed by atoms with van der Waals surface area (Å²) in [6.45, 7) is 3.21. The molecule has 1 heterocycles. The normalized spacial score (nSPS) is 12.5. The van der Waals surface area contributed by atoms with Crippen molar-refractivity contribution in [2.24, 2.45) is 5.41 Å². The standard InChI is InChI=1S/C12H14F3NO2S/c1-11(2,10(17)18)5-6-19-9-4-3-8(7-16-9)12(13,14)15/h3-4,7H,5-6H2,1-2H3,(H,17,18). The summed E-state index contributed by atoms with van der Waals surface area (Å²) in [4.78, 5) is 14.6. The molecule has 0 aliphatic carbocycles. The maximum atomic E-state index is 12.3. The fourth-order valence-electron chi connectivity index (χ4n) is 1.15. The molecule has 0 amide bonds. The highest BCUT2D eigenvalue weighted by atomic mass is 32.2. The lowest BCUT2D eigenvalue weighted by Gasteiger charge is -2.18. The first kappa shape index (κ1) is 15.8. The number of hydrogen-bond donors (Lipinski definition) is 1. The first-order valence-corrected chi connectivity index (χ1v) is 6.51. The van der Waals surface area contributed by atoms with Crippen molar-refractivity contribution >= 4 is 17.7 Å². The highest BCUT2D eigenvalue weighted by Crippen LogP contribution is 2.30. The number of hydrogen-bond acceptors (Lipinski definition) is 3. The van der Waals surface area contributed by atoms with E-state index in [-0.39, 0.29) is 0 Å². The Labute approximate surface area is 113 Å². The summed E-state index contributed by atoms with van der Waals surface area (Å²) in [7, 11) is 0. The van der Waals surface area contributed by atoms with E-state index in [9.17, 15) is 18.0 Å². The fraction of sp³-hybridized carbons (Fsp3) is 0.500. The molecule has 0 aromatic carbocycles. The predicted octanol–water partition coefficient (Wildman–Crippen LogP) is 3.69. The molecule has 0 fully saturated rings. The van der Waals surface area contributed by atoms with Gasteiger partial charge in [0.25, 0.3) is 0 Å². The Morgan fingerprint density at radius 1 is 1.37 bits per heavy atom. The van der Waals surface area contributed by atoms with Gasteiger partial charge in [-0.3, -0.25) is 4.79 Å². The van der Waals surface area contributed by atoms with Gasteiger partial charge in [-0.25, -0.2) is 4.98 Å². The molecule has 0 radical (unpaired) electrons. The number of aromatic nitrogens is 1. The van der Waals surface area contributed by atoms with Crippen molar-refractivity contribution in [2.75, 3.05) is 5.75 Å². The van der Waals surface area contributed by atoms with E-state index >= 15 is 0 Å². The number of carboxylic acid groups (broad SMARTS) is 1. The molecule has 1 aromatic rings. The molecular weight excluding hydrogens is 279 g/mol. The van der Waals surface area contributed by atoms with Crippen LogP contribution in [0, 0.1) is 5.41 Å². The molecule has 7 heteroatoms. The van der Waals surface area contributed by atoms with Gasteiger partial charge in [-0.1, -0.05) is 0 Å². The molecule has 0 spiro atoms. The molecule has 0 saturated carbocycles. The Morgan fingerprint density at radius 2 is 2.00 bits per heavy atom. The third kappa shape index (κ3) is 4.74. The Morgan fingerprint density at radius 3 is 2.42 bits per heavy atom. The number of nitrogens with zero attached hydrogens (tertiary/aromatic N) is 1. The second-order valence-corrected chi connectivity index (χ2v) is 5.79. The van der Waals surface area contributed by atoms with E-state index in [1.54, 1.807) is 13.8 Å². The Balaban J connectivity index is 2.54. The first-order chi connectivity index (χ1) is 8.63. The van der Waals surface area contributed by atoms with Gasteiger partial charge in [-0.2, -0.15) is 13.2 Å². The summed E-state index contributed by atoms with van der Waals surface area (Å²) in [5, 5.41) is 9.37. The molecule has 0 saturated heterocycles. The summed E-state index contributed by atoms with van der Waals surface area (Å²) in [6.07, 6.45) is -3.19. The SMILES string of the molecule is CC(C)(CCSc1ccc(C(F)(F)F)cn1)C(=O)O. The van der Waals surface area contributed by atoms with E-state index in [2.05, 4.69) is 4.98 Å². The Hall–Kier alpha value is -1.24. The largest absolute Gasteiger partial charge is 0.481 e. The summed E-state index contributed by atoms with van der Waals surface area (Å²) in [5.74, 6) is -0.411. The number of thioether (sulfide) groups is 1. The van der Waals surface area contributed by atoms with Crippen LogP contribution in [0.15, 0.2) is 23.4 Å². The van der Waals surface area contributed by atoms with Crippen LogP contribution in [0.5, 0.6) is 0 Å². The maximum Gasteiger partial charge on any atom is 0.417 e. The number of aliphatic carboxylic acids is 1. The third-order valence-corrected chi connectivity index (χ3v) is 3.57. The quantitative estimate of drug-likeness (QED) is 0.841. The van der Waals surface area contributed by atoms with Crippen LogP contribution in [0.4, 0.5) is 13.2 Å². The van der Waals surface area contributed by atoms with Crippen molar-refractivity contribution < 1.29 is 23.1 Å². The van der Waals surface area contributed by atoms with Crippen molar-refractivity contribution in [2.45, 2.75) is 31.5 Å². The van der Waals surface area contributed by atoms with Gasteiger partial charge in [-0.05, 0) is 32.4 Å². The average Bonchev–Trinajstić information content (AvgIpc) is 2.28. The minimum atomic E-state index is -4.39. The van der Waals surface area contributed by atoms with Gasteiger partial charge in [0.15, 0.2) is 0 Å². The molecule has 0 bridgehead atoms. The molecule has 1 aromatic heterocycles. The van der Waals surface area contributed by atoms with Crippen LogP contribution in [0.2, 0.25) is 0 Å². The van der Waals surface area contributed by atoms with Crippen molar-refractivity contribution in [1.82, 2.24) is 4.98 Å². The van der Waals surface area contributed by atoms with Crippen LogP contribution < -0.4 is 0 Å². The van der Waals surface area contributed by atoms with Crippen LogP contribution >= 0.6 is 11.8 Å². The van der Waals surface area contributed by atoms with E-state index in [4.69, 9.17) is 5.11 Å². The monoisotopic (exact) mass is 293 g/mol. The second-order valence-electron chi connectivity index (χ2n) is 4.67. The van der Waals surface area contributed by atoms with Crippen molar-refractivity contribution in [3.8, 4) is 0 Å². The van der Waals surface area contributed by atoms with Gasteiger partial charge in [0, 0.05) is 11.9 Å². The van der Waals surface area contributed by atoms with Gasteiger partial charge in [-0.15, -0.1) is 11.8 Å². The van der Waals surface area contributed by atoms with E-state index < -0.39 is 23.1 Å². The first-order valence-electron chi connectivity index (χ1n) is 5.52. The van der Waals surface area contributed by atoms with Gasteiger partial charge in [0.1, 0.15) is 0 Å². The highest BCUT2D eigenvalue weighted by molar-refractivity contribution is 7.99. The van der Waals surface area contributed by atoms with Crippen LogP contribution in [0.25, 0.3) is 0 Å². The maximum absolute atomic E-state index is 12.3. The lowest BCUT2D eigenvalue weighted by atomic mass is 9.91. The minimum Gasteiger partial charge on any atom is -0.481 e. The van der Waals surface area contributed by atoms with E-state index in [0.29, 0.717) is 17.2 Å². The van der Waals surface area contributed by atoms with Crippen molar-refractivity contribution in [3.05, 3.63) is 23.9 Å². The molecule has 0 aliphatic rings. The number of pyridine rings is 1. The molecule has 3 nitrogen and oxygen atoms in total. The molecule has 19 heavy (non-hydrogen) atoms. The Kier molecular flexibility index (Phi) is 4.84. The van der Waals surface area contributed by atoms with E-state index in [1.807, 2.05) is 0 Å². The van der Waals surface area contributed by atoms with Crippen LogP contribution in [0.3, 0.4) is 0 Å². The van der Waals surface area contributed by atoms with Crippen molar-refractivity contribution in [1.29, 1.82) is 0 Å². The number of carbonyl (C=O) groups is 1. The second kappa shape index (κ2) is 5.81. The van der Waals surface area contributed by atoms with Gasteiger partial charge in [0.2, 0.25) is 0 Å². The van der Waals surface area contributed by atoms with Crippen LogP contribution in [0.1, 0.15) is 25.8 Å². The summed E-state index contributed by atoms with van der Waals surface area (Å²) in [6, 6.07) is 2.26. The zero-order chi connectivity index (χ0) is 14.7. The van der Waals surface area contributed by atoms with Crippen LogP contribution in [-0.4, -0.2) is 21.8 Å². The summed E-state index contributed by atoms with van der Waals surface area (Å²) >= 11 is 1.24. The molecule has 0 unspecified atom stereocenters. The fourth-order valence-corrected chi connectivity index (χ4v) is 2.26. The smallest absolute Gasteiger partial charge is 0.417 e. The number of carboxylic acids is 1. The zero-order valence-corrected chi connectivity index (χ0v) is 11.3. The minimum absolute atomic E-state index is 0.412. The topological polar surface area (TPSA) is 50.2 Å². The number of rotatable bonds is 5. The summed E-state index contributed by atoms with van der Waals surface area (Å²) < 4.78 is 36.9.